The zero-order valence-electron chi connectivity index (χ0n) is 7.01. The van der Waals surface area contributed by atoms with E-state index in [0.29, 0.717) is 12.2 Å². The second-order valence-electron chi connectivity index (χ2n) is 2.39. The number of carbonyl (C=O) groups is 1. The molecule has 2 N–H and O–H groups in total. The van der Waals surface area contributed by atoms with E-state index in [4.69, 9.17) is 0 Å². The van der Waals surface area contributed by atoms with Gasteiger partial charge in [0.05, 0.1) is 0 Å². The van der Waals surface area contributed by atoms with Crippen molar-refractivity contribution in [2.24, 2.45) is 0 Å². The van der Waals surface area contributed by atoms with Crippen molar-refractivity contribution >= 4 is 11.7 Å². The average Bonchev–Trinajstić information content (AvgIpc) is 2.09. The van der Waals surface area contributed by atoms with E-state index in [9.17, 15) is 9.18 Å². The van der Waals surface area contributed by atoms with Crippen molar-refractivity contribution < 1.29 is 9.18 Å². The number of hydrogen-bond donors (Lipinski definition) is 2. The maximum absolute atomic E-state index is 12.4. The van der Waals surface area contributed by atoms with Gasteiger partial charge in [-0.15, -0.1) is 0 Å². The van der Waals surface area contributed by atoms with Crippen LogP contribution in [0, 0.1) is 12.7 Å². The lowest BCUT2D eigenvalue weighted by Crippen LogP contribution is -2.28. The van der Waals surface area contributed by atoms with Crippen LogP contribution in [0.25, 0.3) is 0 Å². The molecule has 0 heterocycles. The molecule has 1 aromatic rings. The molecule has 0 aromatic heterocycles. The summed E-state index contributed by atoms with van der Waals surface area (Å²) in [7, 11) is 0. The molecule has 0 saturated carbocycles. The lowest BCUT2D eigenvalue weighted by Gasteiger charge is -2.04. The average molecular weight is 181 g/mol. The Hall–Kier alpha value is -1.58. The molecule has 0 spiro atoms. The van der Waals surface area contributed by atoms with Crippen molar-refractivity contribution in [3.63, 3.8) is 0 Å². The lowest BCUT2D eigenvalue weighted by molar-refractivity contribution is 0.253. The molecule has 69 valence electrons. The van der Waals surface area contributed by atoms with Crippen LogP contribution in [0.3, 0.4) is 0 Å². The molecular formula is C9H10FN2O. The molecule has 0 bridgehead atoms. The van der Waals surface area contributed by atoms with Gasteiger partial charge in [-0.05, 0) is 31.2 Å². The smallest absolute Gasteiger partial charge is 0.319 e. The van der Waals surface area contributed by atoms with Crippen molar-refractivity contribution in [1.82, 2.24) is 5.32 Å². The summed E-state index contributed by atoms with van der Waals surface area (Å²) in [5, 5.41) is 4.97. The highest BCUT2D eigenvalue weighted by atomic mass is 19.1. The Morgan fingerprint density at radius 3 is 2.54 bits per heavy atom. The summed E-state index contributed by atoms with van der Waals surface area (Å²) in [6.07, 6.45) is 0. The van der Waals surface area contributed by atoms with E-state index in [0.717, 1.165) is 0 Å². The molecule has 0 aliphatic heterocycles. The van der Waals surface area contributed by atoms with Gasteiger partial charge in [0.2, 0.25) is 0 Å². The Morgan fingerprint density at radius 2 is 2.00 bits per heavy atom. The SMILES string of the molecule is [CH2]CNC(=O)Nc1ccc(F)cc1. The molecule has 0 unspecified atom stereocenters. The number of carbonyl (C=O) groups excluding carboxylic acids is 1. The van der Waals surface area contributed by atoms with Crippen LogP contribution >= 0.6 is 0 Å². The second-order valence-corrected chi connectivity index (χ2v) is 2.39. The molecule has 1 radical (unpaired) electrons. The molecule has 13 heavy (non-hydrogen) atoms. The molecule has 0 aliphatic carbocycles. The summed E-state index contributed by atoms with van der Waals surface area (Å²) in [5.74, 6) is -0.330. The highest BCUT2D eigenvalue weighted by molar-refractivity contribution is 5.89. The molecule has 0 aliphatic rings. The molecule has 3 nitrogen and oxygen atoms in total. The molecule has 0 atom stereocenters. The van der Waals surface area contributed by atoms with Crippen LogP contribution in [0.4, 0.5) is 14.9 Å². The Labute approximate surface area is 76.0 Å². The number of hydrogen-bond acceptors (Lipinski definition) is 1. The van der Waals surface area contributed by atoms with E-state index in [1.165, 1.54) is 24.3 Å². The van der Waals surface area contributed by atoms with Gasteiger partial charge >= 0.3 is 6.03 Å². The Morgan fingerprint density at radius 1 is 1.38 bits per heavy atom. The van der Waals surface area contributed by atoms with Gasteiger partial charge in [0.1, 0.15) is 5.82 Å². The summed E-state index contributed by atoms with van der Waals surface area (Å²) in [6, 6.07) is 5.18. The van der Waals surface area contributed by atoms with Gasteiger partial charge in [-0.3, -0.25) is 0 Å². The van der Waals surface area contributed by atoms with Crippen molar-refractivity contribution in [1.29, 1.82) is 0 Å². The normalized spacial score (nSPS) is 9.38. The van der Waals surface area contributed by atoms with E-state index in [2.05, 4.69) is 17.6 Å². The van der Waals surface area contributed by atoms with Gasteiger partial charge in [0.25, 0.3) is 0 Å². The molecule has 1 aromatic carbocycles. The fourth-order valence-electron chi connectivity index (χ4n) is 0.822. The number of amides is 2. The molecular weight excluding hydrogens is 171 g/mol. The number of nitrogens with one attached hydrogen (secondary N) is 2. The number of rotatable bonds is 2. The summed E-state index contributed by atoms with van der Waals surface area (Å²) < 4.78 is 12.4. The summed E-state index contributed by atoms with van der Waals surface area (Å²) in [5.41, 5.74) is 0.548. The Balaban J connectivity index is 2.54. The third-order valence-corrected chi connectivity index (χ3v) is 1.39. The van der Waals surface area contributed by atoms with Crippen molar-refractivity contribution in [2.75, 3.05) is 11.9 Å². The fraction of sp³-hybridized carbons (Fsp3) is 0.111. The maximum Gasteiger partial charge on any atom is 0.319 e. The third-order valence-electron chi connectivity index (χ3n) is 1.39. The molecule has 0 saturated heterocycles. The first-order chi connectivity index (χ1) is 6.22. The van der Waals surface area contributed by atoms with Gasteiger partial charge in [-0.1, -0.05) is 0 Å². The monoisotopic (exact) mass is 181 g/mol. The minimum absolute atomic E-state index is 0.313. The number of halogens is 1. The Kier molecular flexibility index (Phi) is 3.25. The predicted octanol–water partition coefficient (Wildman–Crippen LogP) is 1.78. The van der Waals surface area contributed by atoms with Crippen LogP contribution in [-0.4, -0.2) is 12.6 Å². The number of anilines is 1. The highest BCUT2D eigenvalue weighted by Gasteiger charge is 1.98. The van der Waals surface area contributed by atoms with E-state index < -0.39 is 0 Å². The molecule has 2 amide bonds. The van der Waals surface area contributed by atoms with Crippen LogP contribution in [0.5, 0.6) is 0 Å². The first-order valence-corrected chi connectivity index (χ1v) is 3.82. The second kappa shape index (κ2) is 4.45. The zero-order chi connectivity index (χ0) is 9.68. The van der Waals surface area contributed by atoms with Gasteiger partial charge < -0.3 is 10.6 Å². The first-order valence-electron chi connectivity index (χ1n) is 3.82. The largest absolute Gasteiger partial charge is 0.338 e. The molecule has 1 rings (SSSR count). The van der Waals surface area contributed by atoms with Crippen LogP contribution in [0.2, 0.25) is 0 Å². The standard InChI is InChI=1S/C9H10FN2O/c1-2-11-9(13)12-8-5-3-7(10)4-6-8/h3-6H,1-2H2,(H2,11,12,13). The topological polar surface area (TPSA) is 41.1 Å². The van der Waals surface area contributed by atoms with Gasteiger partial charge in [0.15, 0.2) is 0 Å². The van der Waals surface area contributed by atoms with Crippen LogP contribution in [-0.2, 0) is 0 Å². The van der Waals surface area contributed by atoms with E-state index in [-0.39, 0.29) is 11.8 Å². The Bertz CT molecular complexity index is 284. The third kappa shape index (κ3) is 3.11. The zero-order valence-corrected chi connectivity index (χ0v) is 7.01. The highest BCUT2D eigenvalue weighted by Crippen LogP contribution is 2.07. The summed E-state index contributed by atoms with van der Waals surface area (Å²) in [6.45, 7) is 3.76. The van der Waals surface area contributed by atoms with E-state index >= 15 is 0 Å². The van der Waals surface area contributed by atoms with Gasteiger partial charge in [-0.2, -0.15) is 0 Å². The van der Waals surface area contributed by atoms with Crippen molar-refractivity contribution in [2.45, 2.75) is 0 Å². The van der Waals surface area contributed by atoms with Gasteiger partial charge in [0, 0.05) is 12.2 Å². The quantitative estimate of drug-likeness (QED) is 0.717. The summed E-state index contributed by atoms with van der Waals surface area (Å²) in [4.78, 5) is 10.9. The molecule has 0 fully saturated rings. The minimum Gasteiger partial charge on any atom is -0.338 e. The van der Waals surface area contributed by atoms with Crippen LogP contribution in [0.1, 0.15) is 0 Å². The minimum atomic E-state index is -0.346. The maximum atomic E-state index is 12.4. The van der Waals surface area contributed by atoms with Crippen LogP contribution in [0.15, 0.2) is 24.3 Å². The lowest BCUT2D eigenvalue weighted by atomic mass is 10.3. The molecule has 4 heteroatoms. The van der Waals surface area contributed by atoms with Crippen molar-refractivity contribution in [3.05, 3.63) is 37.0 Å². The number of urea groups is 1. The summed E-state index contributed by atoms with van der Waals surface area (Å²) >= 11 is 0. The number of benzene rings is 1. The van der Waals surface area contributed by atoms with Crippen LogP contribution < -0.4 is 10.6 Å². The van der Waals surface area contributed by atoms with E-state index in [1.807, 2.05) is 0 Å². The van der Waals surface area contributed by atoms with Crippen molar-refractivity contribution in [3.8, 4) is 0 Å². The first kappa shape index (κ1) is 9.51. The van der Waals surface area contributed by atoms with Gasteiger partial charge in [-0.25, -0.2) is 9.18 Å². The fourth-order valence-corrected chi connectivity index (χ4v) is 0.822. The van der Waals surface area contributed by atoms with E-state index in [1.54, 1.807) is 0 Å². The predicted molar refractivity (Wildman–Crippen MR) is 48.8 cm³/mol.